The Kier molecular flexibility index (Phi) is 6.64. The normalized spacial score (nSPS) is 22.9. The van der Waals surface area contributed by atoms with Crippen LogP contribution < -0.4 is 10.6 Å². The van der Waals surface area contributed by atoms with E-state index >= 15 is 0 Å². The maximum atomic E-state index is 12.8. The Labute approximate surface area is 172 Å². The van der Waals surface area contributed by atoms with Gasteiger partial charge in [-0.3, -0.25) is 0 Å². The maximum Gasteiger partial charge on any atom is 0.410 e. The highest BCUT2D eigenvalue weighted by molar-refractivity contribution is 5.70. The molecule has 0 aromatic heterocycles. The number of carbonyl (C=O) groups excluding carboxylic acids is 2. The van der Waals surface area contributed by atoms with E-state index < -0.39 is 11.1 Å². The van der Waals surface area contributed by atoms with E-state index in [-0.39, 0.29) is 18.8 Å². The summed E-state index contributed by atoms with van der Waals surface area (Å²) in [4.78, 5) is 28.9. The molecule has 2 aliphatic rings. The van der Waals surface area contributed by atoms with Gasteiger partial charge in [-0.25, -0.2) is 9.59 Å². The first-order chi connectivity index (χ1) is 13.8. The molecule has 1 atom stereocenters. The first-order valence-electron chi connectivity index (χ1n) is 10.2. The monoisotopic (exact) mass is 404 g/mol. The molecule has 8 nitrogen and oxygen atoms in total. The van der Waals surface area contributed by atoms with Crippen LogP contribution in [0, 0.1) is 0 Å². The smallest absolute Gasteiger partial charge is 0.410 e. The van der Waals surface area contributed by atoms with Crippen molar-refractivity contribution < 1.29 is 19.1 Å². The molecule has 0 radical (unpaired) electrons. The lowest BCUT2D eigenvalue weighted by molar-refractivity contribution is 0.0211. The Morgan fingerprint density at radius 3 is 2.28 bits per heavy atom. The predicted octanol–water partition coefficient (Wildman–Crippen LogP) is 1.81. The highest BCUT2D eigenvalue weighted by Gasteiger charge is 2.41. The van der Waals surface area contributed by atoms with Crippen molar-refractivity contribution >= 4 is 12.2 Å². The third kappa shape index (κ3) is 6.08. The summed E-state index contributed by atoms with van der Waals surface area (Å²) in [5, 5.41) is 6.90. The van der Waals surface area contributed by atoms with Crippen LogP contribution in [0.25, 0.3) is 0 Å². The third-order valence-electron chi connectivity index (χ3n) is 5.01. The van der Waals surface area contributed by atoms with E-state index in [1.165, 1.54) is 0 Å². The first-order valence-corrected chi connectivity index (χ1v) is 10.2. The number of benzene rings is 1. The second kappa shape index (κ2) is 9.00. The van der Waals surface area contributed by atoms with Gasteiger partial charge in [0.1, 0.15) is 12.2 Å². The first kappa shape index (κ1) is 21.4. The van der Waals surface area contributed by atoms with Crippen molar-refractivity contribution in [2.75, 3.05) is 45.8 Å². The molecular weight excluding hydrogens is 372 g/mol. The molecule has 1 aromatic carbocycles. The van der Waals surface area contributed by atoms with E-state index in [1.54, 1.807) is 9.80 Å². The van der Waals surface area contributed by atoms with Gasteiger partial charge in [0.2, 0.25) is 0 Å². The average molecular weight is 405 g/mol. The van der Waals surface area contributed by atoms with Gasteiger partial charge < -0.3 is 29.9 Å². The third-order valence-corrected chi connectivity index (χ3v) is 5.01. The zero-order valence-electron chi connectivity index (χ0n) is 17.6. The van der Waals surface area contributed by atoms with Crippen LogP contribution in [0.5, 0.6) is 0 Å². The largest absolute Gasteiger partial charge is 0.445 e. The molecule has 2 heterocycles. The van der Waals surface area contributed by atoms with Gasteiger partial charge in [-0.05, 0) is 26.3 Å². The van der Waals surface area contributed by atoms with Gasteiger partial charge in [0.25, 0.3) is 0 Å². The molecule has 0 aliphatic carbocycles. The SMILES string of the molecule is CC(C)(C)OC(=O)N1CCN(C(=O)OCc2ccccc2)CC2(CNCCN2)C1. The number of rotatable bonds is 2. The summed E-state index contributed by atoms with van der Waals surface area (Å²) in [5.41, 5.74) is -0.0567. The van der Waals surface area contributed by atoms with Crippen LogP contribution in [-0.4, -0.2) is 78.9 Å². The van der Waals surface area contributed by atoms with Crippen LogP contribution in [0.2, 0.25) is 0 Å². The molecule has 1 spiro atoms. The van der Waals surface area contributed by atoms with Gasteiger partial charge in [-0.2, -0.15) is 0 Å². The molecule has 2 fully saturated rings. The Hall–Kier alpha value is -2.32. The molecule has 0 saturated carbocycles. The van der Waals surface area contributed by atoms with Gasteiger partial charge in [0.05, 0.1) is 5.54 Å². The lowest BCUT2D eigenvalue weighted by Gasteiger charge is -2.41. The van der Waals surface area contributed by atoms with E-state index in [0.29, 0.717) is 32.7 Å². The van der Waals surface area contributed by atoms with E-state index in [2.05, 4.69) is 10.6 Å². The van der Waals surface area contributed by atoms with Crippen molar-refractivity contribution in [1.82, 2.24) is 20.4 Å². The number of ether oxygens (including phenoxy) is 2. The van der Waals surface area contributed by atoms with Gasteiger partial charge in [-0.1, -0.05) is 30.3 Å². The fourth-order valence-corrected chi connectivity index (χ4v) is 3.66. The van der Waals surface area contributed by atoms with Crippen molar-refractivity contribution in [3.05, 3.63) is 35.9 Å². The van der Waals surface area contributed by atoms with Crippen LogP contribution in [0.3, 0.4) is 0 Å². The zero-order valence-corrected chi connectivity index (χ0v) is 17.6. The number of nitrogens with zero attached hydrogens (tertiary/aromatic N) is 2. The number of nitrogens with one attached hydrogen (secondary N) is 2. The molecule has 2 aliphatic heterocycles. The lowest BCUT2D eigenvalue weighted by Crippen LogP contribution is -2.67. The molecule has 29 heavy (non-hydrogen) atoms. The van der Waals surface area contributed by atoms with E-state index in [9.17, 15) is 9.59 Å². The quantitative estimate of drug-likeness (QED) is 0.782. The second-order valence-electron chi connectivity index (χ2n) is 8.75. The summed E-state index contributed by atoms with van der Waals surface area (Å²) in [6.45, 7) is 9.81. The average Bonchev–Trinajstić information content (AvgIpc) is 2.86. The van der Waals surface area contributed by atoms with Gasteiger partial charge >= 0.3 is 12.2 Å². The van der Waals surface area contributed by atoms with Crippen molar-refractivity contribution in [3.63, 3.8) is 0 Å². The minimum absolute atomic E-state index is 0.227. The van der Waals surface area contributed by atoms with E-state index in [1.807, 2.05) is 51.1 Å². The fraction of sp³-hybridized carbons (Fsp3) is 0.619. The van der Waals surface area contributed by atoms with Crippen LogP contribution in [0.4, 0.5) is 9.59 Å². The Morgan fingerprint density at radius 2 is 1.69 bits per heavy atom. The molecule has 1 aromatic rings. The van der Waals surface area contributed by atoms with Crippen molar-refractivity contribution in [2.45, 2.75) is 38.5 Å². The zero-order chi connectivity index (χ0) is 20.9. The van der Waals surface area contributed by atoms with Gasteiger partial charge in [0.15, 0.2) is 0 Å². The summed E-state index contributed by atoms with van der Waals surface area (Å²) < 4.78 is 11.1. The molecule has 3 rings (SSSR count). The maximum absolute atomic E-state index is 12.8. The molecule has 2 N–H and O–H groups in total. The van der Waals surface area contributed by atoms with Gasteiger partial charge in [-0.15, -0.1) is 0 Å². The minimum atomic E-state index is -0.566. The number of amides is 2. The van der Waals surface area contributed by atoms with E-state index in [4.69, 9.17) is 9.47 Å². The molecule has 8 heteroatoms. The Bertz CT molecular complexity index is 698. The minimum Gasteiger partial charge on any atom is -0.445 e. The lowest BCUT2D eigenvalue weighted by atomic mass is 9.96. The summed E-state index contributed by atoms with van der Waals surface area (Å²) >= 11 is 0. The Balaban J connectivity index is 1.69. The van der Waals surface area contributed by atoms with Gasteiger partial charge in [0, 0.05) is 45.8 Å². The number of piperazine rings is 1. The van der Waals surface area contributed by atoms with Crippen molar-refractivity contribution in [1.29, 1.82) is 0 Å². The molecule has 0 bridgehead atoms. The summed E-state index contributed by atoms with van der Waals surface area (Å²) in [7, 11) is 0. The number of hydrogen-bond donors (Lipinski definition) is 2. The molecule has 1 unspecified atom stereocenters. The van der Waals surface area contributed by atoms with Crippen LogP contribution in [0.1, 0.15) is 26.3 Å². The molecular formula is C21H32N4O4. The number of hydrogen-bond acceptors (Lipinski definition) is 6. The molecule has 160 valence electrons. The summed E-state index contributed by atoms with van der Waals surface area (Å²) in [5.74, 6) is 0. The standard InChI is InChI=1S/C21H32N4O4/c1-20(2,3)29-19(27)25-12-11-24(15-21(16-25)14-22-9-10-23-21)18(26)28-13-17-7-5-4-6-8-17/h4-8,22-23H,9-16H2,1-3H3. The summed E-state index contributed by atoms with van der Waals surface area (Å²) in [6, 6.07) is 9.61. The van der Waals surface area contributed by atoms with Crippen LogP contribution in [0.15, 0.2) is 30.3 Å². The second-order valence-corrected chi connectivity index (χ2v) is 8.75. The van der Waals surface area contributed by atoms with Crippen molar-refractivity contribution in [2.24, 2.45) is 0 Å². The van der Waals surface area contributed by atoms with Crippen LogP contribution in [-0.2, 0) is 16.1 Å². The molecule has 2 amide bonds. The molecule has 2 saturated heterocycles. The highest BCUT2D eigenvalue weighted by atomic mass is 16.6. The van der Waals surface area contributed by atoms with E-state index in [0.717, 1.165) is 18.7 Å². The summed E-state index contributed by atoms with van der Waals surface area (Å²) in [6.07, 6.45) is -0.726. The Morgan fingerprint density at radius 1 is 1.03 bits per heavy atom. The number of carbonyl (C=O) groups is 2. The predicted molar refractivity (Wildman–Crippen MR) is 110 cm³/mol. The van der Waals surface area contributed by atoms with Crippen molar-refractivity contribution in [3.8, 4) is 0 Å². The fourth-order valence-electron chi connectivity index (χ4n) is 3.66. The highest BCUT2D eigenvalue weighted by Crippen LogP contribution is 2.19. The topological polar surface area (TPSA) is 83.1 Å². The van der Waals surface area contributed by atoms with Crippen LogP contribution >= 0.6 is 0 Å².